The molecule has 0 bridgehead atoms. The molecule has 8 nitrogen and oxygen atoms in total. The molecule has 1 aliphatic heterocycles. The van der Waals surface area contributed by atoms with E-state index in [1.807, 2.05) is 6.92 Å². The van der Waals surface area contributed by atoms with Gasteiger partial charge >= 0.3 is 12.0 Å². The van der Waals surface area contributed by atoms with Crippen LogP contribution in [-0.4, -0.2) is 47.4 Å². The number of nitrogens with one attached hydrogen (secondary N) is 2. The number of hydrogen-bond donors (Lipinski definition) is 2. The number of halogens is 1. The Balaban J connectivity index is 1.54. The summed E-state index contributed by atoms with van der Waals surface area (Å²) in [5, 5.41) is 5.88. The molecule has 2 N–H and O–H groups in total. The van der Waals surface area contributed by atoms with Crippen molar-refractivity contribution in [3.05, 3.63) is 28.8 Å². The smallest absolute Gasteiger partial charge is 0.326 e. The molecule has 1 heterocycles. The molecule has 2 aliphatic rings. The van der Waals surface area contributed by atoms with Gasteiger partial charge in [-0.25, -0.2) is 4.79 Å². The number of esters is 1. The van der Waals surface area contributed by atoms with E-state index in [9.17, 15) is 19.2 Å². The molecular weight excluding hydrogens is 398 g/mol. The van der Waals surface area contributed by atoms with E-state index in [1.165, 1.54) is 0 Å². The first kappa shape index (κ1) is 21.1. The summed E-state index contributed by atoms with van der Waals surface area (Å²) in [6, 6.07) is 4.47. The molecule has 1 saturated heterocycles. The third kappa shape index (κ3) is 4.22. The Labute approximate surface area is 173 Å². The molecule has 3 rings (SSSR count). The molecule has 29 heavy (non-hydrogen) atoms. The number of nitrogens with zero attached hydrogens (tertiary/aromatic N) is 1. The van der Waals surface area contributed by atoms with Crippen LogP contribution in [0.1, 0.15) is 38.2 Å². The second kappa shape index (κ2) is 8.41. The number of benzene rings is 1. The predicted octanol–water partition coefficient (Wildman–Crippen LogP) is 2.63. The number of ether oxygens (including phenoxy) is 1. The number of hydrogen-bond acceptors (Lipinski definition) is 5. The lowest BCUT2D eigenvalue weighted by Crippen LogP contribution is -2.54. The molecular formula is C20H24ClN3O5. The molecule has 0 radical (unpaired) electrons. The molecule has 4 amide bonds. The maximum absolute atomic E-state index is 12.8. The second-order valence-corrected chi connectivity index (χ2v) is 7.97. The molecule has 1 saturated carbocycles. The highest BCUT2D eigenvalue weighted by Gasteiger charge is 2.55. The fourth-order valence-corrected chi connectivity index (χ4v) is 4.06. The summed E-state index contributed by atoms with van der Waals surface area (Å²) in [7, 11) is 0. The number of rotatable bonds is 5. The molecule has 0 unspecified atom stereocenters. The highest BCUT2D eigenvalue weighted by Crippen LogP contribution is 2.38. The van der Waals surface area contributed by atoms with Crippen molar-refractivity contribution >= 4 is 41.1 Å². The SMILES string of the molecule is Cc1c(Cl)cccc1NC(=O)COC(=O)CN1C(=O)N[C@]2(CCCC[C@H]2C)C1=O. The van der Waals surface area contributed by atoms with E-state index in [0.29, 0.717) is 22.7 Å². The summed E-state index contributed by atoms with van der Waals surface area (Å²) < 4.78 is 4.95. The summed E-state index contributed by atoms with van der Waals surface area (Å²) in [4.78, 5) is 50.2. The van der Waals surface area contributed by atoms with Crippen LogP contribution in [0.2, 0.25) is 5.02 Å². The van der Waals surface area contributed by atoms with Crippen molar-refractivity contribution < 1.29 is 23.9 Å². The highest BCUT2D eigenvalue weighted by atomic mass is 35.5. The first-order valence-corrected chi connectivity index (χ1v) is 9.97. The third-order valence-corrected chi connectivity index (χ3v) is 6.10. The average Bonchev–Trinajstić information content (AvgIpc) is 2.91. The van der Waals surface area contributed by atoms with Gasteiger partial charge in [0.2, 0.25) is 0 Å². The molecule has 0 aromatic heterocycles. The Morgan fingerprint density at radius 3 is 2.83 bits per heavy atom. The summed E-state index contributed by atoms with van der Waals surface area (Å²) in [5.41, 5.74) is 0.276. The molecule has 156 valence electrons. The Morgan fingerprint density at radius 2 is 2.10 bits per heavy atom. The highest BCUT2D eigenvalue weighted by molar-refractivity contribution is 6.31. The standard InChI is InChI=1S/C20H24ClN3O5/c1-12-6-3-4-9-20(12)18(27)24(19(28)23-20)10-17(26)29-11-16(25)22-15-8-5-7-14(21)13(15)2/h5,7-8,12H,3-4,6,9-11H2,1-2H3,(H,22,25)(H,23,28)/t12-,20+/m1/s1. The zero-order valence-corrected chi connectivity index (χ0v) is 17.2. The topological polar surface area (TPSA) is 105 Å². The van der Waals surface area contributed by atoms with Gasteiger partial charge in [-0.15, -0.1) is 0 Å². The second-order valence-electron chi connectivity index (χ2n) is 7.56. The van der Waals surface area contributed by atoms with Gasteiger partial charge in [-0.3, -0.25) is 19.3 Å². The van der Waals surface area contributed by atoms with E-state index >= 15 is 0 Å². The Bertz CT molecular complexity index is 859. The summed E-state index contributed by atoms with van der Waals surface area (Å²) in [6.07, 6.45) is 3.26. The number of carbonyl (C=O) groups excluding carboxylic acids is 4. The summed E-state index contributed by atoms with van der Waals surface area (Å²) >= 11 is 6.01. The largest absolute Gasteiger partial charge is 0.454 e. The quantitative estimate of drug-likeness (QED) is 0.561. The van der Waals surface area contributed by atoms with Crippen LogP contribution in [0.25, 0.3) is 0 Å². The number of carbonyl (C=O) groups is 4. The minimum Gasteiger partial charge on any atom is -0.454 e. The fourth-order valence-electron chi connectivity index (χ4n) is 3.89. The van der Waals surface area contributed by atoms with E-state index < -0.39 is 42.5 Å². The van der Waals surface area contributed by atoms with E-state index in [0.717, 1.165) is 24.2 Å². The number of anilines is 1. The Kier molecular flexibility index (Phi) is 6.12. The van der Waals surface area contributed by atoms with Crippen LogP contribution in [0.5, 0.6) is 0 Å². The lowest BCUT2D eigenvalue weighted by atomic mass is 9.73. The molecule has 1 aromatic rings. The van der Waals surface area contributed by atoms with Crippen LogP contribution in [0, 0.1) is 12.8 Å². The van der Waals surface area contributed by atoms with Gasteiger partial charge in [0.15, 0.2) is 6.61 Å². The summed E-state index contributed by atoms with van der Waals surface area (Å²) in [6.45, 7) is 2.63. The first-order chi connectivity index (χ1) is 13.7. The van der Waals surface area contributed by atoms with Gasteiger partial charge in [-0.05, 0) is 43.4 Å². The van der Waals surface area contributed by atoms with Gasteiger partial charge < -0.3 is 15.4 Å². The van der Waals surface area contributed by atoms with E-state index in [1.54, 1.807) is 25.1 Å². The molecule has 2 fully saturated rings. The lowest BCUT2D eigenvalue weighted by Gasteiger charge is -2.36. The Morgan fingerprint density at radius 1 is 1.34 bits per heavy atom. The zero-order valence-electron chi connectivity index (χ0n) is 16.4. The monoisotopic (exact) mass is 421 g/mol. The predicted molar refractivity (Wildman–Crippen MR) is 106 cm³/mol. The number of amides is 4. The van der Waals surface area contributed by atoms with Crippen molar-refractivity contribution in [3.8, 4) is 0 Å². The van der Waals surface area contributed by atoms with Crippen LogP contribution in [0.4, 0.5) is 10.5 Å². The van der Waals surface area contributed by atoms with E-state index in [-0.39, 0.29) is 5.92 Å². The van der Waals surface area contributed by atoms with Crippen LogP contribution in [0.3, 0.4) is 0 Å². The maximum atomic E-state index is 12.8. The van der Waals surface area contributed by atoms with Gasteiger partial charge in [-0.2, -0.15) is 0 Å². The van der Waals surface area contributed by atoms with Gasteiger partial charge in [0.1, 0.15) is 12.1 Å². The lowest BCUT2D eigenvalue weighted by molar-refractivity contribution is -0.150. The van der Waals surface area contributed by atoms with Crippen molar-refractivity contribution in [3.63, 3.8) is 0 Å². The average molecular weight is 422 g/mol. The molecule has 1 aromatic carbocycles. The van der Waals surface area contributed by atoms with Crippen LogP contribution >= 0.6 is 11.6 Å². The van der Waals surface area contributed by atoms with Crippen molar-refractivity contribution in [1.82, 2.24) is 10.2 Å². The van der Waals surface area contributed by atoms with E-state index in [2.05, 4.69) is 10.6 Å². The van der Waals surface area contributed by atoms with Crippen molar-refractivity contribution in [2.75, 3.05) is 18.5 Å². The van der Waals surface area contributed by atoms with Gasteiger partial charge in [0, 0.05) is 10.7 Å². The zero-order chi connectivity index (χ0) is 21.2. The number of urea groups is 1. The van der Waals surface area contributed by atoms with Crippen molar-refractivity contribution in [2.45, 2.75) is 45.1 Å². The van der Waals surface area contributed by atoms with Crippen LogP contribution in [0.15, 0.2) is 18.2 Å². The fraction of sp³-hybridized carbons (Fsp3) is 0.500. The first-order valence-electron chi connectivity index (χ1n) is 9.59. The van der Waals surface area contributed by atoms with Gasteiger partial charge in [0.25, 0.3) is 11.8 Å². The molecule has 1 aliphatic carbocycles. The molecule has 9 heteroatoms. The maximum Gasteiger partial charge on any atom is 0.326 e. The van der Waals surface area contributed by atoms with Crippen molar-refractivity contribution in [1.29, 1.82) is 0 Å². The third-order valence-electron chi connectivity index (χ3n) is 5.69. The van der Waals surface area contributed by atoms with E-state index in [4.69, 9.17) is 16.3 Å². The summed E-state index contributed by atoms with van der Waals surface area (Å²) in [5.74, 6) is -1.77. The normalized spacial score (nSPS) is 23.8. The van der Waals surface area contributed by atoms with Gasteiger partial charge in [-0.1, -0.05) is 37.4 Å². The number of imide groups is 1. The van der Waals surface area contributed by atoms with Crippen LogP contribution in [-0.2, 0) is 19.1 Å². The molecule has 2 atom stereocenters. The van der Waals surface area contributed by atoms with Gasteiger partial charge in [0.05, 0.1) is 0 Å². The minimum atomic E-state index is -0.933. The minimum absolute atomic E-state index is 0.000402. The van der Waals surface area contributed by atoms with Crippen molar-refractivity contribution in [2.24, 2.45) is 5.92 Å². The van der Waals surface area contributed by atoms with Crippen LogP contribution < -0.4 is 10.6 Å². The Hall–Kier alpha value is -2.61. The molecule has 1 spiro atoms.